The van der Waals surface area contributed by atoms with Crippen molar-refractivity contribution in [3.8, 4) is 5.75 Å². The average Bonchev–Trinajstić information content (AvgIpc) is 2.87. The van der Waals surface area contributed by atoms with E-state index in [1.807, 2.05) is 6.07 Å². The molecule has 1 heterocycles. The van der Waals surface area contributed by atoms with E-state index in [2.05, 4.69) is 11.4 Å². The number of hydrogen-bond donors (Lipinski definition) is 1. The highest BCUT2D eigenvalue weighted by molar-refractivity contribution is 7.09. The van der Waals surface area contributed by atoms with Gasteiger partial charge in [0, 0.05) is 16.9 Å². The van der Waals surface area contributed by atoms with Crippen molar-refractivity contribution in [3.05, 3.63) is 52.5 Å². The van der Waals surface area contributed by atoms with Crippen LogP contribution in [0.3, 0.4) is 0 Å². The third-order valence-electron chi connectivity index (χ3n) is 2.69. The van der Waals surface area contributed by atoms with Gasteiger partial charge in [-0.2, -0.15) is 0 Å². The van der Waals surface area contributed by atoms with E-state index in [9.17, 15) is 4.39 Å². The van der Waals surface area contributed by atoms with Crippen molar-refractivity contribution >= 4 is 11.3 Å². The number of thiophene rings is 1. The molecular formula is C14H16FNOS. The predicted octanol–water partition coefficient (Wildman–Crippen LogP) is 3.08. The molecule has 0 saturated carbocycles. The first-order valence-corrected chi connectivity index (χ1v) is 6.76. The van der Waals surface area contributed by atoms with Gasteiger partial charge < -0.3 is 10.5 Å². The summed E-state index contributed by atoms with van der Waals surface area (Å²) >= 11 is 1.72. The molecule has 0 saturated heterocycles. The number of ether oxygens (including phenoxy) is 1. The van der Waals surface area contributed by atoms with Gasteiger partial charge in [-0.15, -0.1) is 11.3 Å². The molecule has 2 aromatic rings. The lowest BCUT2D eigenvalue weighted by atomic mass is 10.1. The van der Waals surface area contributed by atoms with Gasteiger partial charge in [-0.05, 0) is 36.5 Å². The van der Waals surface area contributed by atoms with Gasteiger partial charge in [-0.3, -0.25) is 0 Å². The average molecular weight is 265 g/mol. The lowest BCUT2D eigenvalue weighted by Crippen LogP contribution is -2.23. The Balaban J connectivity index is 1.87. The summed E-state index contributed by atoms with van der Waals surface area (Å²) in [7, 11) is 0. The topological polar surface area (TPSA) is 35.2 Å². The molecule has 0 aliphatic carbocycles. The van der Waals surface area contributed by atoms with E-state index < -0.39 is 0 Å². The molecule has 1 unspecified atom stereocenters. The Kier molecular flexibility index (Phi) is 4.73. The van der Waals surface area contributed by atoms with Gasteiger partial charge in [0.1, 0.15) is 11.6 Å². The van der Waals surface area contributed by atoms with E-state index in [4.69, 9.17) is 10.5 Å². The smallest absolute Gasteiger partial charge is 0.126 e. The number of hydrogen-bond acceptors (Lipinski definition) is 3. The van der Waals surface area contributed by atoms with Crippen LogP contribution in [0.15, 0.2) is 41.8 Å². The quantitative estimate of drug-likeness (QED) is 0.871. The number of rotatable bonds is 6. The maximum atomic E-state index is 13.0. The van der Waals surface area contributed by atoms with Crippen molar-refractivity contribution in [1.82, 2.24) is 0 Å². The van der Waals surface area contributed by atoms with Crippen molar-refractivity contribution < 1.29 is 9.13 Å². The summed E-state index contributed by atoms with van der Waals surface area (Å²) in [6.07, 6.45) is 0.906. The minimum atomic E-state index is -0.282. The molecule has 2 N–H and O–H groups in total. The summed E-state index contributed by atoms with van der Waals surface area (Å²) in [6, 6.07) is 10.3. The molecule has 2 rings (SSSR count). The Morgan fingerprint density at radius 1 is 1.28 bits per heavy atom. The third kappa shape index (κ3) is 3.82. The highest BCUT2D eigenvalue weighted by Gasteiger charge is 2.10. The molecule has 0 amide bonds. The molecule has 1 atom stereocenters. The van der Waals surface area contributed by atoms with Crippen molar-refractivity contribution in [2.45, 2.75) is 6.42 Å². The van der Waals surface area contributed by atoms with E-state index >= 15 is 0 Å². The fourth-order valence-electron chi connectivity index (χ4n) is 1.69. The summed E-state index contributed by atoms with van der Waals surface area (Å²) in [4.78, 5) is 1.30. The van der Waals surface area contributed by atoms with Gasteiger partial charge >= 0.3 is 0 Å². The van der Waals surface area contributed by atoms with Crippen LogP contribution in [-0.4, -0.2) is 13.2 Å². The second-order valence-electron chi connectivity index (χ2n) is 4.15. The van der Waals surface area contributed by atoms with Crippen molar-refractivity contribution in [2.24, 2.45) is 11.7 Å². The number of nitrogens with two attached hydrogens (primary N) is 1. The standard InChI is InChI=1S/C14H16FNOS/c15-12-3-1-4-13(8-12)17-10-11(9-16)7-14-5-2-6-18-14/h1-6,8,11H,7,9-10,16H2. The van der Waals surface area contributed by atoms with Crippen molar-refractivity contribution in [1.29, 1.82) is 0 Å². The number of benzene rings is 1. The summed E-state index contributed by atoms with van der Waals surface area (Å²) in [6.45, 7) is 1.07. The van der Waals surface area contributed by atoms with Gasteiger partial charge in [0.05, 0.1) is 6.61 Å². The monoisotopic (exact) mass is 265 g/mol. The zero-order valence-corrected chi connectivity index (χ0v) is 10.8. The predicted molar refractivity (Wildman–Crippen MR) is 72.5 cm³/mol. The van der Waals surface area contributed by atoms with Gasteiger partial charge in [-0.1, -0.05) is 12.1 Å². The number of halogens is 1. The van der Waals surface area contributed by atoms with Crippen molar-refractivity contribution in [2.75, 3.05) is 13.2 Å². The molecule has 1 aromatic carbocycles. The van der Waals surface area contributed by atoms with Gasteiger partial charge in [0.2, 0.25) is 0 Å². The van der Waals surface area contributed by atoms with Crippen LogP contribution in [0.1, 0.15) is 4.88 Å². The van der Waals surface area contributed by atoms with E-state index in [1.54, 1.807) is 23.5 Å². The third-order valence-corrected chi connectivity index (χ3v) is 3.58. The fraction of sp³-hybridized carbons (Fsp3) is 0.286. The molecule has 2 nitrogen and oxygen atoms in total. The maximum Gasteiger partial charge on any atom is 0.126 e. The first-order valence-electron chi connectivity index (χ1n) is 5.88. The zero-order valence-electron chi connectivity index (χ0n) is 10.0. The Labute approximate surface area is 110 Å². The Hall–Kier alpha value is -1.39. The van der Waals surface area contributed by atoms with Crippen LogP contribution < -0.4 is 10.5 Å². The lowest BCUT2D eigenvalue weighted by molar-refractivity contribution is 0.251. The molecule has 0 aliphatic rings. The summed E-state index contributed by atoms with van der Waals surface area (Å²) in [5, 5.41) is 2.05. The van der Waals surface area contributed by atoms with Gasteiger partial charge in [-0.25, -0.2) is 4.39 Å². The SMILES string of the molecule is NCC(COc1cccc(F)c1)Cc1cccs1. The summed E-state index contributed by atoms with van der Waals surface area (Å²) < 4.78 is 18.5. The van der Waals surface area contributed by atoms with Crippen LogP contribution >= 0.6 is 11.3 Å². The largest absolute Gasteiger partial charge is 0.493 e. The van der Waals surface area contributed by atoms with E-state index in [1.165, 1.54) is 17.0 Å². The first-order chi connectivity index (χ1) is 8.78. The minimum Gasteiger partial charge on any atom is -0.493 e. The van der Waals surface area contributed by atoms with E-state index in [0.29, 0.717) is 18.9 Å². The minimum absolute atomic E-state index is 0.256. The normalized spacial score (nSPS) is 12.3. The molecule has 4 heteroatoms. The van der Waals surface area contributed by atoms with Crippen molar-refractivity contribution in [3.63, 3.8) is 0 Å². The maximum absolute atomic E-state index is 13.0. The van der Waals surface area contributed by atoms with E-state index in [0.717, 1.165) is 6.42 Å². The van der Waals surface area contributed by atoms with Crippen LogP contribution in [0, 0.1) is 11.7 Å². The fourth-order valence-corrected chi connectivity index (χ4v) is 2.52. The van der Waals surface area contributed by atoms with Crippen LogP contribution in [0.4, 0.5) is 4.39 Å². The zero-order chi connectivity index (χ0) is 12.8. The Morgan fingerprint density at radius 2 is 2.17 bits per heavy atom. The van der Waals surface area contributed by atoms with Gasteiger partial charge in [0.15, 0.2) is 0 Å². The van der Waals surface area contributed by atoms with Crippen LogP contribution in [0.5, 0.6) is 5.75 Å². The second-order valence-corrected chi connectivity index (χ2v) is 5.19. The molecular weight excluding hydrogens is 249 g/mol. The molecule has 0 bridgehead atoms. The second kappa shape index (κ2) is 6.52. The molecule has 96 valence electrons. The molecule has 0 fully saturated rings. The molecule has 18 heavy (non-hydrogen) atoms. The van der Waals surface area contributed by atoms with E-state index in [-0.39, 0.29) is 11.7 Å². The molecule has 0 aliphatic heterocycles. The lowest BCUT2D eigenvalue weighted by Gasteiger charge is -2.15. The highest BCUT2D eigenvalue weighted by Crippen LogP contribution is 2.17. The first kappa shape index (κ1) is 13.1. The molecule has 0 spiro atoms. The van der Waals surface area contributed by atoms with Crippen LogP contribution in [-0.2, 0) is 6.42 Å². The highest BCUT2D eigenvalue weighted by atomic mass is 32.1. The van der Waals surface area contributed by atoms with Crippen LogP contribution in [0.2, 0.25) is 0 Å². The summed E-state index contributed by atoms with van der Waals surface area (Å²) in [5.41, 5.74) is 5.73. The molecule has 1 aromatic heterocycles. The Morgan fingerprint density at radius 3 is 2.83 bits per heavy atom. The summed E-state index contributed by atoms with van der Waals surface area (Å²) in [5.74, 6) is 0.529. The Bertz CT molecular complexity index is 472. The molecule has 0 radical (unpaired) electrons. The van der Waals surface area contributed by atoms with Gasteiger partial charge in [0.25, 0.3) is 0 Å². The van der Waals surface area contributed by atoms with Crippen LogP contribution in [0.25, 0.3) is 0 Å².